The molecule has 0 aliphatic carbocycles. The fourth-order valence-corrected chi connectivity index (χ4v) is 10.3. The van der Waals surface area contributed by atoms with Gasteiger partial charge in [-0.3, -0.25) is 14.4 Å². The quantitative estimate of drug-likeness (QED) is 0.0261. The molecule has 0 rings (SSSR count). The van der Waals surface area contributed by atoms with Crippen molar-refractivity contribution < 1.29 is 28.6 Å². The summed E-state index contributed by atoms with van der Waals surface area (Å²) in [6, 6.07) is 0. The average Bonchev–Trinajstić information content (AvgIpc) is 3.41. The van der Waals surface area contributed by atoms with Gasteiger partial charge in [-0.05, 0) is 70.6 Å². The zero-order valence-electron chi connectivity index (χ0n) is 50.8. The first kappa shape index (κ1) is 72.9. The molecule has 0 aliphatic heterocycles. The third-order valence-corrected chi connectivity index (χ3v) is 15.4. The Morgan fingerprint density at radius 3 is 0.667 bits per heavy atom. The largest absolute Gasteiger partial charge is 0.462 e. The minimum atomic E-state index is -0.772. The van der Waals surface area contributed by atoms with Crippen molar-refractivity contribution in [3.63, 3.8) is 0 Å². The maximum atomic E-state index is 12.9. The van der Waals surface area contributed by atoms with E-state index in [9.17, 15) is 14.4 Å². The Hall–Kier alpha value is -2.11. The molecule has 0 radical (unpaired) electrons. The summed E-state index contributed by atoms with van der Waals surface area (Å²) in [6.07, 6.45) is 77.6. The van der Waals surface area contributed by atoms with E-state index < -0.39 is 6.10 Å². The summed E-state index contributed by atoms with van der Waals surface area (Å²) in [5, 5.41) is 0. The van der Waals surface area contributed by atoms with Gasteiger partial charge in [0.1, 0.15) is 13.2 Å². The molecule has 0 aromatic rings. The molecule has 0 bridgehead atoms. The lowest BCUT2D eigenvalue weighted by Crippen LogP contribution is -2.30. The maximum absolute atomic E-state index is 12.9. The number of hydrogen-bond acceptors (Lipinski definition) is 6. The lowest BCUT2D eigenvalue weighted by molar-refractivity contribution is -0.167. The van der Waals surface area contributed by atoms with Gasteiger partial charge in [0.25, 0.3) is 0 Å². The summed E-state index contributed by atoms with van der Waals surface area (Å²) in [5.74, 6) is -0.845. The van der Waals surface area contributed by atoms with E-state index in [1.54, 1.807) is 0 Å². The van der Waals surface area contributed by atoms with Crippen LogP contribution in [0.15, 0.2) is 24.3 Å². The molecule has 1 atom stereocenters. The van der Waals surface area contributed by atoms with Crippen LogP contribution in [0, 0.1) is 0 Å². The molecule has 6 nitrogen and oxygen atoms in total. The first-order chi connectivity index (χ1) is 37.0. The fourth-order valence-electron chi connectivity index (χ4n) is 10.3. The molecule has 0 saturated heterocycles. The van der Waals surface area contributed by atoms with Crippen LogP contribution in [0.3, 0.4) is 0 Å². The Morgan fingerprint density at radius 2 is 0.440 bits per heavy atom. The fraction of sp³-hybridized carbons (Fsp3) is 0.899. The van der Waals surface area contributed by atoms with Crippen molar-refractivity contribution in [1.29, 1.82) is 0 Å². The van der Waals surface area contributed by atoms with Gasteiger partial charge in [-0.25, -0.2) is 0 Å². The second kappa shape index (κ2) is 64.4. The summed E-state index contributed by atoms with van der Waals surface area (Å²) in [5.41, 5.74) is 0. The zero-order valence-corrected chi connectivity index (χ0v) is 50.8. The van der Waals surface area contributed by atoms with Crippen LogP contribution in [0.4, 0.5) is 0 Å². The highest BCUT2D eigenvalue weighted by Crippen LogP contribution is 2.18. The van der Waals surface area contributed by atoms with E-state index in [1.807, 2.05) is 0 Å². The molecular formula is C69H130O6. The summed E-state index contributed by atoms with van der Waals surface area (Å²) in [7, 11) is 0. The highest BCUT2D eigenvalue weighted by Gasteiger charge is 2.19. The first-order valence-electron chi connectivity index (χ1n) is 33.8. The smallest absolute Gasteiger partial charge is 0.306 e. The van der Waals surface area contributed by atoms with Gasteiger partial charge in [0.15, 0.2) is 6.10 Å². The number of carbonyl (C=O) groups is 3. The van der Waals surface area contributed by atoms with Crippen LogP contribution in [0.5, 0.6) is 0 Å². The Kier molecular flexibility index (Phi) is 62.6. The molecule has 0 spiro atoms. The molecule has 0 fully saturated rings. The molecule has 0 aromatic heterocycles. The Balaban J connectivity index is 4.31. The second-order valence-electron chi connectivity index (χ2n) is 23.1. The third-order valence-electron chi connectivity index (χ3n) is 15.4. The van der Waals surface area contributed by atoms with Gasteiger partial charge in [0, 0.05) is 19.3 Å². The van der Waals surface area contributed by atoms with Crippen molar-refractivity contribution in [3.8, 4) is 0 Å². The highest BCUT2D eigenvalue weighted by atomic mass is 16.6. The van der Waals surface area contributed by atoms with Crippen LogP contribution in [-0.4, -0.2) is 37.2 Å². The van der Waals surface area contributed by atoms with Gasteiger partial charge in [0.2, 0.25) is 0 Å². The van der Waals surface area contributed by atoms with Gasteiger partial charge in [-0.15, -0.1) is 0 Å². The van der Waals surface area contributed by atoms with E-state index in [0.29, 0.717) is 19.3 Å². The molecule has 1 unspecified atom stereocenters. The molecule has 0 saturated carbocycles. The topological polar surface area (TPSA) is 78.9 Å². The van der Waals surface area contributed by atoms with E-state index in [0.717, 1.165) is 57.8 Å². The van der Waals surface area contributed by atoms with Crippen LogP contribution in [-0.2, 0) is 28.6 Å². The van der Waals surface area contributed by atoms with Crippen molar-refractivity contribution in [3.05, 3.63) is 24.3 Å². The van der Waals surface area contributed by atoms with Gasteiger partial charge < -0.3 is 14.2 Å². The number of allylic oxidation sites excluding steroid dienone is 4. The van der Waals surface area contributed by atoms with E-state index >= 15 is 0 Å². The van der Waals surface area contributed by atoms with Crippen molar-refractivity contribution in [1.82, 2.24) is 0 Å². The van der Waals surface area contributed by atoms with Crippen LogP contribution < -0.4 is 0 Å². The first-order valence-corrected chi connectivity index (χ1v) is 33.8. The Morgan fingerprint density at radius 1 is 0.253 bits per heavy atom. The SMILES string of the molecule is CCCCCCCCC/C=C\CCCCCCCCCC(=O)OC(COC(=O)CCCCCCCCCCC/C=C\CCCCCCCCCC)COC(=O)CCCCCCCCCCCCCCCCCCCC. The van der Waals surface area contributed by atoms with Crippen LogP contribution in [0.25, 0.3) is 0 Å². The molecule has 0 amide bonds. The molecule has 0 aliphatic rings. The van der Waals surface area contributed by atoms with Gasteiger partial charge in [-0.1, -0.05) is 315 Å². The van der Waals surface area contributed by atoms with Gasteiger partial charge >= 0.3 is 17.9 Å². The number of carbonyl (C=O) groups excluding carboxylic acids is 3. The molecule has 75 heavy (non-hydrogen) atoms. The van der Waals surface area contributed by atoms with E-state index in [1.165, 1.54) is 283 Å². The number of ether oxygens (including phenoxy) is 3. The summed E-state index contributed by atoms with van der Waals surface area (Å²) >= 11 is 0. The van der Waals surface area contributed by atoms with Crippen molar-refractivity contribution in [2.75, 3.05) is 13.2 Å². The number of hydrogen-bond donors (Lipinski definition) is 0. The van der Waals surface area contributed by atoms with E-state index in [-0.39, 0.29) is 31.1 Å². The van der Waals surface area contributed by atoms with Crippen molar-refractivity contribution >= 4 is 17.9 Å². The van der Waals surface area contributed by atoms with Crippen LogP contribution in [0.2, 0.25) is 0 Å². The van der Waals surface area contributed by atoms with Gasteiger partial charge in [-0.2, -0.15) is 0 Å². The van der Waals surface area contributed by atoms with E-state index in [4.69, 9.17) is 14.2 Å². The van der Waals surface area contributed by atoms with Crippen molar-refractivity contribution in [2.24, 2.45) is 0 Å². The summed E-state index contributed by atoms with van der Waals surface area (Å²) in [4.78, 5) is 38.4. The predicted octanol–water partition coefficient (Wildman–Crippen LogP) is 23.0. The minimum Gasteiger partial charge on any atom is -0.462 e. The standard InChI is InChI=1S/C69H130O6/c1-4-7-10-13-16-19-22-25-28-31-34-35-36-39-41-44-47-50-53-56-59-62-68(71)74-65-66(75-69(72)63-60-57-54-51-48-45-42-38-33-30-27-24-21-18-15-12-9-6-3)64-73-67(70)61-58-55-52-49-46-43-40-37-32-29-26-23-20-17-14-11-8-5-2/h30-31,33-34,66H,4-29,32,35-65H2,1-3H3/b33-30-,34-31-. The summed E-state index contributed by atoms with van der Waals surface area (Å²) < 4.78 is 17.0. The number of esters is 3. The normalized spacial score (nSPS) is 12.1. The summed E-state index contributed by atoms with van der Waals surface area (Å²) in [6.45, 7) is 6.71. The second-order valence-corrected chi connectivity index (χ2v) is 23.1. The van der Waals surface area contributed by atoms with Crippen molar-refractivity contribution in [2.45, 2.75) is 386 Å². The predicted molar refractivity (Wildman–Crippen MR) is 326 cm³/mol. The van der Waals surface area contributed by atoms with E-state index in [2.05, 4.69) is 45.1 Å². The molecule has 6 heteroatoms. The molecule has 442 valence electrons. The number of rotatable bonds is 63. The number of unbranched alkanes of at least 4 members (excludes halogenated alkanes) is 48. The lowest BCUT2D eigenvalue weighted by Gasteiger charge is -2.18. The average molecular weight is 1060 g/mol. The van der Waals surface area contributed by atoms with Crippen LogP contribution in [0.1, 0.15) is 380 Å². The molecular weight excluding hydrogens is 925 g/mol. The zero-order chi connectivity index (χ0) is 54.3. The molecule has 0 aromatic carbocycles. The lowest BCUT2D eigenvalue weighted by atomic mass is 10.0. The third kappa shape index (κ3) is 62.6. The maximum Gasteiger partial charge on any atom is 0.306 e. The monoisotopic (exact) mass is 1050 g/mol. The highest BCUT2D eigenvalue weighted by molar-refractivity contribution is 5.71. The van der Waals surface area contributed by atoms with Crippen LogP contribution >= 0.6 is 0 Å². The van der Waals surface area contributed by atoms with Gasteiger partial charge in [0.05, 0.1) is 0 Å². The minimum absolute atomic E-state index is 0.0682. The Labute approximate surface area is 468 Å². The molecule has 0 heterocycles. The Bertz CT molecular complexity index is 1210. The molecule has 0 N–H and O–H groups in total.